The van der Waals surface area contributed by atoms with Gasteiger partial charge in [0.2, 0.25) is 0 Å². The van der Waals surface area contributed by atoms with Crippen molar-refractivity contribution in [3.05, 3.63) is 30.6 Å². The van der Waals surface area contributed by atoms with Crippen LogP contribution < -0.4 is 0 Å². The highest BCUT2D eigenvalue weighted by Crippen LogP contribution is 2.33. The molecule has 2 aromatic heterocycles. The van der Waals surface area contributed by atoms with E-state index >= 15 is 0 Å². The van der Waals surface area contributed by atoms with Gasteiger partial charge in [-0.15, -0.1) is 11.8 Å². The zero-order valence-corrected chi connectivity index (χ0v) is 14.0. The van der Waals surface area contributed by atoms with Crippen LogP contribution in [0.1, 0.15) is 32.6 Å². The van der Waals surface area contributed by atoms with E-state index in [4.69, 9.17) is 4.74 Å². The molecule has 9 heteroatoms. The van der Waals surface area contributed by atoms with E-state index in [0.717, 1.165) is 5.75 Å². The summed E-state index contributed by atoms with van der Waals surface area (Å²) in [7, 11) is 0. The Labute approximate surface area is 138 Å². The second kappa shape index (κ2) is 6.15. The topological polar surface area (TPSA) is 86.0 Å². The summed E-state index contributed by atoms with van der Waals surface area (Å²) in [6, 6.07) is 1.51. The van der Waals surface area contributed by atoms with Crippen LogP contribution in [0.3, 0.4) is 0 Å². The maximum atomic E-state index is 12.4. The van der Waals surface area contributed by atoms with Crippen LogP contribution >= 0.6 is 11.8 Å². The molecule has 0 unspecified atom stereocenters. The van der Waals surface area contributed by atoms with E-state index in [1.54, 1.807) is 39.8 Å². The fourth-order valence-corrected chi connectivity index (χ4v) is 3.33. The van der Waals surface area contributed by atoms with Crippen molar-refractivity contribution in [2.75, 3.05) is 11.6 Å². The Morgan fingerprint density at radius 3 is 2.74 bits per heavy atom. The molecule has 0 spiro atoms. The Kier molecular flexibility index (Phi) is 4.20. The second-order valence-corrected chi connectivity index (χ2v) is 7.04. The molecule has 2 aromatic rings. The monoisotopic (exact) mass is 334 g/mol. The first-order valence-electron chi connectivity index (χ1n) is 7.20. The van der Waals surface area contributed by atoms with Crippen LogP contribution in [0.5, 0.6) is 0 Å². The third-order valence-electron chi connectivity index (χ3n) is 3.12. The first-order chi connectivity index (χ1) is 11.0. The second-order valence-electron chi connectivity index (χ2n) is 6.04. The molecule has 1 aliphatic heterocycles. The van der Waals surface area contributed by atoms with Gasteiger partial charge in [-0.1, -0.05) is 0 Å². The van der Waals surface area contributed by atoms with Crippen LogP contribution in [0.4, 0.5) is 4.79 Å². The summed E-state index contributed by atoms with van der Waals surface area (Å²) in [6.07, 6.45) is 4.38. The molecule has 0 bridgehead atoms. The van der Waals surface area contributed by atoms with Crippen LogP contribution in [-0.2, 0) is 4.74 Å². The van der Waals surface area contributed by atoms with Crippen LogP contribution in [0.15, 0.2) is 24.8 Å². The molecule has 0 aliphatic carbocycles. The minimum absolute atomic E-state index is 0.221. The number of hydrogen-bond acceptors (Lipinski definition) is 7. The highest BCUT2D eigenvalue weighted by Gasteiger charge is 2.36. The molecule has 0 N–H and O–H groups in total. The zero-order chi connectivity index (χ0) is 16.4. The summed E-state index contributed by atoms with van der Waals surface area (Å²) in [4.78, 5) is 26.8. The lowest BCUT2D eigenvalue weighted by Crippen LogP contribution is -2.37. The predicted molar refractivity (Wildman–Crippen MR) is 85.1 cm³/mol. The molecule has 1 saturated heterocycles. The van der Waals surface area contributed by atoms with Crippen LogP contribution in [0, 0.1) is 0 Å². The molecule has 0 saturated carbocycles. The van der Waals surface area contributed by atoms with Crippen LogP contribution in [0.2, 0.25) is 0 Å². The van der Waals surface area contributed by atoms with Crippen molar-refractivity contribution in [2.24, 2.45) is 0 Å². The standard InChI is InChI=1S/C14H18N6O2S/c1-14(2,3)22-13(21)19-9-23-7-10(19)11-17-8-18-20(11)12-15-5-4-6-16-12/h4-6,8,10H,7,9H2,1-3H3/t10-/m0/s1. The van der Waals surface area contributed by atoms with E-state index in [2.05, 4.69) is 20.1 Å². The number of carbonyl (C=O) groups excluding carboxylic acids is 1. The number of rotatable bonds is 2. The highest BCUT2D eigenvalue weighted by atomic mass is 32.2. The molecule has 3 rings (SSSR count). The van der Waals surface area contributed by atoms with E-state index in [1.807, 2.05) is 20.8 Å². The van der Waals surface area contributed by atoms with E-state index < -0.39 is 5.60 Å². The van der Waals surface area contributed by atoms with Gasteiger partial charge in [0.05, 0.1) is 5.88 Å². The summed E-state index contributed by atoms with van der Waals surface area (Å²) in [5.74, 6) is 2.35. The van der Waals surface area contributed by atoms with Crippen molar-refractivity contribution in [1.82, 2.24) is 29.6 Å². The van der Waals surface area contributed by atoms with Gasteiger partial charge in [0.1, 0.15) is 18.0 Å². The quantitative estimate of drug-likeness (QED) is 0.830. The van der Waals surface area contributed by atoms with E-state index in [9.17, 15) is 4.79 Å². The van der Waals surface area contributed by atoms with E-state index in [1.165, 1.54) is 6.33 Å². The van der Waals surface area contributed by atoms with Gasteiger partial charge < -0.3 is 4.74 Å². The summed E-state index contributed by atoms with van der Waals surface area (Å²) < 4.78 is 7.04. The molecule has 1 fully saturated rings. The van der Waals surface area contributed by atoms with Gasteiger partial charge >= 0.3 is 6.09 Å². The van der Waals surface area contributed by atoms with Crippen molar-refractivity contribution in [1.29, 1.82) is 0 Å². The van der Waals surface area contributed by atoms with Crippen LogP contribution in [0.25, 0.3) is 5.95 Å². The fourth-order valence-electron chi connectivity index (χ4n) is 2.19. The predicted octanol–water partition coefficient (Wildman–Crippen LogP) is 2.04. The maximum absolute atomic E-state index is 12.4. The number of hydrogen-bond donors (Lipinski definition) is 0. The summed E-state index contributed by atoms with van der Waals surface area (Å²) >= 11 is 1.65. The molecule has 1 atom stereocenters. The maximum Gasteiger partial charge on any atom is 0.411 e. The highest BCUT2D eigenvalue weighted by molar-refractivity contribution is 7.99. The number of amides is 1. The Bertz CT molecular complexity index is 684. The van der Waals surface area contributed by atoms with Crippen LogP contribution in [-0.4, -0.2) is 53.0 Å². The molecule has 8 nitrogen and oxygen atoms in total. The van der Waals surface area contributed by atoms with Crippen molar-refractivity contribution < 1.29 is 9.53 Å². The molecular formula is C14H18N6O2S. The van der Waals surface area contributed by atoms with Gasteiger partial charge in [0, 0.05) is 18.1 Å². The zero-order valence-electron chi connectivity index (χ0n) is 13.2. The molecule has 122 valence electrons. The molecule has 1 amide bonds. The van der Waals surface area contributed by atoms with Crippen molar-refractivity contribution in [3.63, 3.8) is 0 Å². The van der Waals surface area contributed by atoms with Gasteiger partial charge in [0.15, 0.2) is 5.82 Å². The minimum atomic E-state index is -0.537. The first kappa shape index (κ1) is 15.7. The number of aromatic nitrogens is 5. The van der Waals surface area contributed by atoms with Gasteiger partial charge in [-0.25, -0.2) is 19.7 Å². The molecule has 23 heavy (non-hydrogen) atoms. The van der Waals surface area contributed by atoms with Gasteiger partial charge in [-0.05, 0) is 26.8 Å². The van der Waals surface area contributed by atoms with E-state index in [0.29, 0.717) is 17.6 Å². The smallest absolute Gasteiger partial charge is 0.411 e. The number of carbonyl (C=O) groups is 1. The average Bonchev–Trinajstić information content (AvgIpc) is 3.15. The lowest BCUT2D eigenvalue weighted by Gasteiger charge is -2.27. The Hall–Kier alpha value is -2.16. The third-order valence-corrected chi connectivity index (χ3v) is 4.14. The fraction of sp³-hybridized carbons (Fsp3) is 0.500. The molecule has 1 aliphatic rings. The summed E-state index contributed by atoms with van der Waals surface area (Å²) in [5, 5.41) is 4.19. The van der Waals surface area contributed by atoms with Crippen molar-refractivity contribution in [2.45, 2.75) is 32.4 Å². The van der Waals surface area contributed by atoms with E-state index in [-0.39, 0.29) is 12.1 Å². The Morgan fingerprint density at radius 2 is 2.04 bits per heavy atom. The van der Waals surface area contributed by atoms with Gasteiger partial charge in [-0.2, -0.15) is 9.78 Å². The molecule has 3 heterocycles. The third kappa shape index (κ3) is 3.44. The van der Waals surface area contributed by atoms with Crippen molar-refractivity contribution in [3.8, 4) is 5.95 Å². The Morgan fingerprint density at radius 1 is 1.30 bits per heavy atom. The van der Waals surface area contributed by atoms with Crippen molar-refractivity contribution >= 4 is 17.9 Å². The largest absolute Gasteiger partial charge is 0.444 e. The molecular weight excluding hydrogens is 316 g/mol. The Balaban J connectivity index is 1.87. The SMILES string of the molecule is CC(C)(C)OC(=O)N1CSC[C@H]1c1ncnn1-c1ncccn1. The normalized spacial score (nSPS) is 18.2. The molecule has 0 radical (unpaired) electrons. The van der Waals surface area contributed by atoms with Gasteiger partial charge in [0.25, 0.3) is 5.95 Å². The minimum Gasteiger partial charge on any atom is -0.444 e. The number of thioether (sulfide) groups is 1. The lowest BCUT2D eigenvalue weighted by atomic mass is 10.2. The first-order valence-corrected chi connectivity index (χ1v) is 8.36. The lowest BCUT2D eigenvalue weighted by molar-refractivity contribution is 0.0230. The summed E-state index contributed by atoms with van der Waals surface area (Å²) in [5.41, 5.74) is -0.537. The number of ether oxygens (including phenoxy) is 1. The number of nitrogens with zero attached hydrogens (tertiary/aromatic N) is 6. The van der Waals surface area contributed by atoms with Gasteiger partial charge in [-0.3, -0.25) is 4.90 Å². The summed E-state index contributed by atoms with van der Waals surface area (Å²) in [6.45, 7) is 5.55. The average molecular weight is 334 g/mol. The molecule has 0 aromatic carbocycles.